The molecule has 1 nitrogen and oxygen atoms in total. The fourth-order valence-corrected chi connectivity index (χ4v) is 0.907. The molecule has 0 spiro atoms. The summed E-state index contributed by atoms with van der Waals surface area (Å²) in [7, 11) is 0. The van der Waals surface area contributed by atoms with Crippen molar-refractivity contribution < 1.29 is 0 Å². The number of rotatable bonds is 2. The van der Waals surface area contributed by atoms with Crippen molar-refractivity contribution in [3.63, 3.8) is 0 Å². The van der Waals surface area contributed by atoms with Crippen molar-refractivity contribution in [3.8, 4) is 0 Å². The van der Waals surface area contributed by atoms with Gasteiger partial charge in [-0.3, -0.25) is 0 Å². The summed E-state index contributed by atoms with van der Waals surface area (Å²) in [5.41, 5.74) is 0. The van der Waals surface area contributed by atoms with Gasteiger partial charge in [0.25, 0.3) is 0 Å². The van der Waals surface area contributed by atoms with Crippen molar-refractivity contribution in [2.75, 3.05) is 6.54 Å². The molecule has 0 N–H and O–H groups in total. The second kappa shape index (κ2) is 2.03. The zero-order valence-electron chi connectivity index (χ0n) is 5.01. The SMILES string of the molecule is C=CC1CCN1C=C. The molecule has 1 heteroatoms. The Labute approximate surface area is 50.3 Å². The molecule has 1 atom stereocenters. The highest BCUT2D eigenvalue weighted by atomic mass is 15.2. The van der Waals surface area contributed by atoms with Crippen molar-refractivity contribution in [3.05, 3.63) is 25.4 Å². The van der Waals surface area contributed by atoms with Crippen LogP contribution in [0.4, 0.5) is 0 Å². The Kier molecular flexibility index (Phi) is 1.38. The normalized spacial score (nSPS) is 26.5. The topological polar surface area (TPSA) is 3.24 Å². The van der Waals surface area contributed by atoms with E-state index in [0.29, 0.717) is 6.04 Å². The second-order valence-electron chi connectivity index (χ2n) is 2.01. The van der Waals surface area contributed by atoms with E-state index in [2.05, 4.69) is 18.1 Å². The third kappa shape index (κ3) is 0.641. The molecule has 1 aliphatic heterocycles. The van der Waals surface area contributed by atoms with Crippen LogP contribution in [-0.4, -0.2) is 17.5 Å². The van der Waals surface area contributed by atoms with Gasteiger partial charge in [0.1, 0.15) is 0 Å². The first-order valence-corrected chi connectivity index (χ1v) is 2.89. The minimum Gasteiger partial charge on any atom is -0.371 e. The van der Waals surface area contributed by atoms with E-state index >= 15 is 0 Å². The fraction of sp³-hybridized carbons (Fsp3) is 0.429. The van der Waals surface area contributed by atoms with Gasteiger partial charge in [-0.1, -0.05) is 12.7 Å². The Morgan fingerprint density at radius 1 is 1.50 bits per heavy atom. The Morgan fingerprint density at radius 3 is 2.38 bits per heavy atom. The van der Waals surface area contributed by atoms with E-state index in [1.165, 1.54) is 6.42 Å². The molecule has 0 bridgehead atoms. The highest BCUT2D eigenvalue weighted by Gasteiger charge is 2.20. The summed E-state index contributed by atoms with van der Waals surface area (Å²) in [5.74, 6) is 0. The van der Waals surface area contributed by atoms with Gasteiger partial charge in [-0.15, -0.1) is 6.58 Å². The molecule has 1 saturated heterocycles. The lowest BCUT2D eigenvalue weighted by molar-refractivity contribution is 0.198. The highest BCUT2D eigenvalue weighted by molar-refractivity contribution is 4.99. The first kappa shape index (κ1) is 5.42. The maximum Gasteiger partial charge on any atom is 0.0481 e. The zero-order valence-corrected chi connectivity index (χ0v) is 5.01. The number of hydrogen-bond acceptors (Lipinski definition) is 1. The maximum absolute atomic E-state index is 3.69. The van der Waals surface area contributed by atoms with Gasteiger partial charge in [-0.2, -0.15) is 0 Å². The maximum atomic E-state index is 3.69. The summed E-state index contributed by atoms with van der Waals surface area (Å²) in [5, 5.41) is 0. The van der Waals surface area contributed by atoms with Crippen molar-refractivity contribution in [1.82, 2.24) is 4.90 Å². The standard InChI is InChI=1S/C7H11N/c1-3-7-5-6-8(7)4-2/h3-4,7H,1-2,5-6H2. The Morgan fingerprint density at radius 2 is 2.25 bits per heavy atom. The van der Waals surface area contributed by atoms with Crippen LogP contribution in [0.3, 0.4) is 0 Å². The average Bonchev–Trinajstić information content (AvgIpc) is 1.66. The summed E-state index contributed by atoms with van der Waals surface area (Å²) in [4.78, 5) is 2.17. The van der Waals surface area contributed by atoms with Crippen LogP contribution in [0.15, 0.2) is 25.4 Å². The first-order chi connectivity index (χ1) is 3.88. The third-order valence-corrected chi connectivity index (χ3v) is 1.62. The molecule has 44 valence electrons. The number of nitrogens with zero attached hydrogens (tertiary/aromatic N) is 1. The van der Waals surface area contributed by atoms with Crippen molar-refractivity contribution in [1.29, 1.82) is 0 Å². The minimum atomic E-state index is 0.576. The molecule has 1 aliphatic rings. The molecule has 1 heterocycles. The van der Waals surface area contributed by atoms with Crippen LogP contribution in [0.5, 0.6) is 0 Å². The van der Waals surface area contributed by atoms with E-state index in [4.69, 9.17) is 0 Å². The molecule has 1 unspecified atom stereocenters. The Hall–Kier alpha value is -0.720. The van der Waals surface area contributed by atoms with Gasteiger partial charge < -0.3 is 4.90 Å². The minimum absolute atomic E-state index is 0.576. The molecular weight excluding hydrogens is 98.1 g/mol. The van der Waals surface area contributed by atoms with Crippen LogP contribution in [0.25, 0.3) is 0 Å². The third-order valence-electron chi connectivity index (χ3n) is 1.62. The van der Waals surface area contributed by atoms with E-state index in [1.54, 1.807) is 0 Å². The molecule has 0 aromatic carbocycles. The van der Waals surface area contributed by atoms with Gasteiger partial charge in [-0.25, -0.2) is 0 Å². The lowest BCUT2D eigenvalue weighted by Crippen LogP contribution is -2.41. The van der Waals surface area contributed by atoms with Crippen LogP contribution in [0.2, 0.25) is 0 Å². The predicted octanol–water partition coefficient (Wildman–Crippen LogP) is 1.39. The summed E-state index contributed by atoms with van der Waals surface area (Å²) in [6.45, 7) is 8.50. The molecular formula is C7H11N. The van der Waals surface area contributed by atoms with Crippen LogP contribution < -0.4 is 0 Å². The van der Waals surface area contributed by atoms with E-state index in [0.717, 1.165) is 6.54 Å². The lowest BCUT2D eigenvalue weighted by atomic mass is 10.1. The van der Waals surface area contributed by atoms with Gasteiger partial charge in [0.2, 0.25) is 0 Å². The summed E-state index contributed by atoms with van der Waals surface area (Å²) in [6.07, 6.45) is 5.08. The summed E-state index contributed by atoms with van der Waals surface area (Å²) >= 11 is 0. The van der Waals surface area contributed by atoms with Crippen LogP contribution in [-0.2, 0) is 0 Å². The van der Waals surface area contributed by atoms with Crippen molar-refractivity contribution in [2.45, 2.75) is 12.5 Å². The lowest BCUT2D eigenvalue weighted by Gasteiger charge is -2.37. The van der Waals surface area contributed by atoms with Crippen molar-refractivity contribution in [2.24, 2.45) is 0 Å². The fourth-order valence-electron chi connectivity index (χ4n) is 0.907. The van der Waals surface area contributed by atoms with Gasteiger partial charge in [-0.05, 0) is 12.6 Å². The predicted molar refractivity (Wildman–Crippen MR) is 35.5 cm³/mol. The van der Waals surface area contributed by atoms with E-state index < -0.39 is 0 Å². The van der Waals surface area contributed by atoms with Crippen LogP contribution in [0, 0.1) is 0 Å². The number of likely N-dealkylation sites (tertiary alicyclic amines) is 1. The molecule has 1 rings (SSSR count). The van der Waals surface area contributed by atoms with Gasteiger partial charge in [0.15, 0.2) is 0 Å². The summed E-state index contributed by atoms with van der Waals surface area (Å²) in [6, 6.07) is 0.576. The summed E-state index contributed by atoms with van der Waals surface area (Å²) < 4.78 is 0. The molecule has 0 aromatic rings. The van der Waals surface area contributed by atoms with E-state index in [1.807, 2.05) is 12.3 Å². The smallest absolute Gasteiger partial charge is 0.0481 e. The molecule has 0 aromatic heterocycles. The van der Waals surface area contributed by atoms with Crippen molar-refractivity contribution >= 4 is 0 Å². The quantitative estimate of drug-likeness (QED) is 0.484. The second-order valence-corrected chi connectivity index (χ2v) is 2.01. The van der Waals surface area contributed by atoms with Crippen LogP contribution in [0.1, 0.15) is 6.42 Å². The molecule has 0 aliphatic carbocycles. The zero-order chi connectivity index (χ0) is 5.98. The molecule has 1 fully saturated rings. The molecule has 8 heavy (non-hydrogen) atoms. The van der Waals surface area contributed by atoms with Crippen LogP contribution >= 0.6 is 0 Å². The monoisotopic (exact) mass is 109 g/mol. The first-order valence-electron chi connectivity index (χ1n) is 2.89. The Balaban J connectivity index is 2.36. The molecule has 0 radical (unpaired) electrons. The average molecular weight is 109 g/mol. The highest BCUT2D eigenvalue weighted by Crippen LogP contribution is 2.16. The largest absolute Gasteiger partial charge is 0.371 e. The van der Waals surface area contributed by atoms with E-state index in [-0.39, 0.29) is 0 Å². The van der Waals surface area contributed by atoms with Gasteiger partial charge in [0.05, 0.1) is 0 Å². The van der Waals surface area contributed by atoms with Gasteiger partial charge in [0, 0.05) is 12.6 Å². The van der Waals surface area contributed by atoms with Gasteiger partial charge >= 0.3 is 0 Å². The Bertz CT molecular complexity index is 93.0. The number of hydrogen-bond donors (Lipinski definition) is 0. The van der Waals surface area contributed by atoms with E-state index in [9.17, 15) is 0 Å². The molecule has 0 saturated carbocycles. The molecule has 0 amide bonds.